The van der Waals surface area contributed by atoms with Crippen LogP contribution in [0.5, 0.6) is 0 Å². The zero-order chi connectivity index (χ0) is 17.8. The SMILES string of the molecule is CC1CCCC2CC(C(=O)NC(CCN(C)C)C3CCCNC3)NC12. The fraction of sp³-hybridized carbons (Fsp3) is 0.950. The summed E-state index contributed by atoms with van der Waals surface area (Å²) in [5, 5.41) is 10.6. The normalized spacial score (nSPS) is 36.9. The van der Waals surface area contributed by atoms with E-state index >= 15 is 0 Å². The van der Waals surface area contributed by atoms with Crippen molar-refractivity contribution >= 4 is 5.91 Å². The van der Waals surface area contributed by atoms with E-state index in [0.29, 0.717) is 29.8 Å². The van der Waals surface area contributed by atoms with Gasteiger partial charge in [-0.25, -0.2) is 0 Å². The molecule has 5 heteroatoms. The Bertz CT molecular complexity index is 435. The molecule has 3 N–H and O–H groups in total. The Kier molecular flexibility index (Phi) is 6.75. The van der Waals surface area contributed by atoms with Crippen LogP contribution in [0.3, 0.4) is 0 Å². The molecule has 6 unspecified atom stereocenters. The number of carbonyl (C=O) groups excluding carboxylic acids is 1. The van der Waals surface area contributed by atoms with Gasteiger partial charge in [0.1, 0.15) is 0 Å². The molecule has 0 radical (unpaired) electrons. The molecule has 0 spiro atoms. The minimum atomic E-state index is 0.0222. The highest BCUT2D eigenvalue weighted by Gasteiger charge is 2.42. The van der Waals surface area contributed by atoms with Crippen LogP contribution in [0.1, 0.15) is 51.9 Å². The maximum atomic E-state index is 13.0. The van der Waals surface area contributed by atoms with E-state index in [2.05, 4.69) is 41.9 Å². The summed E-state index contributed by atoms with van der Waals surface area (Å²) in [7, 11) is 4.23. The van der Waals surface area contributed by atoms with Crippen molar-refractivity contribution in [3.8, 4) is 0 Å². The smallest absolute Gasteiger partial charge is 0.237 e. The molecule has 0 aromatic rings. The molecule has 1 aliphatic carbocycles. The van der Waals surface area contributed by atoms with Crippen molar-refractivity contribution < 1.29 is 4.79 Å². The highest BCUT2D eigenvalue weighted by Crippen LogP contribution is 2.36. The Labute approximate surface area is 153 Å². The van der Waals surface area contributed by atoms with Crippen LogP contribution in [0.15, 0.2) is 0 Å². The number of fused-ring (bicyclic) bond motifs is 1. The molecule has 6 atom stereocenters. The summed E-state index contributed by atoms with van der Waals surface area (Å²) in [5.74, 6) is 2.23. The first-order valence-corrected chi connectivity index (χ1v) is 10.5. The highest BCUT2D eigenvalue weighted by molar-refractivity contribution is 5.82. The molecule has 2 saturated heterocycles. The number of nitrogens with zero attached hydrogens (tertiary/aromatic N) is 1. The number of rotatable bonds is 6. The summed E-state index contributed by atoms with van der Waals surface area (Å²) >= 11 is 0. The number of carbonyl (C=O) groups is 1. The molecule has 3 rings (SSSR count). The van der Waals surface area contributed by atoms with Gasteiger partial charge in [-0.05, 0) is 90.0 Å². The highest BCUT2D eigenvalue weighted by atomic mass is 16.2. The third-order valence-corrected chi connectivity index (χ3v) is 6.72. The van der Waals surface area contributed by atoms with Crippen LogP contribution in [0.4, 0.5) is 0 Å². The minimum absolute atomic E-state index is 0.0222. The molecule has 5 nitrogen and oxygen atoms in total. The molecular formula is C20H38N4O. The third-order valence-electron chi connectivity index (χ3n) is 6.72. The van der Waals surface area contributed by atoms with E-state index in [9.17, 15) is 4.79 Å². The van der Waals surface area contributed by atoms with Crippen molar-refractivity contribution in [2.45, 2.75) is 70.0 Å². The lowest BCUT2D eigenvalue weighted by molar-refractivity contribution is -0.124. The van der Waals surface area contributed by atoms with Crippen LogP contribution in [-0.2, 0) is 4.79 Å². The first kappa shape index (κ1) is 19.1. The number of hydrogen-bond donors (Lipinski definition) is 3. The number of piperidine rings is 1. The Morgan fingerprint density at radius 2 is 2.08 bits per heavy atom. The van der Waals surface area contributed by atoms with Gasteiger partial charge in [-0.1, -0.05) is 13.3 Å². The van der Waals surface area contributed by atoms with E-state index in [0.717, 1.165) is 32.5 Å². The van der Waals surface area contributed by atoms with Crippen molar-refractivity contribution in [3.05, 3.63) is 0 Å². The van der Waals surface area contributed by atoms with Gasteiger partial charge in [-0.3, -0.25) is 4.79 Å². The van der Waals surface area contributed by atoms with Crippen molar-refractivity contribution in [1.82, 2.24) is 20.9 Å². The monoisotopic (exact) mass is 350 g/mol. The van der Waals surface area contributed by atoms with Gasteiger partial charge < -0.3 is 20.9 Å². The average molecular weight is 351 g/mol. The average Bonchev–Trinajstić information content (AvgIpc) is 3.05. The lowest BCUT2D eigenvalue weighted by atomic mass is 9.78. The van der Waals surface area contributed by atoms with Crippen molar-refractivity contribution in [2.75, 3.05) is 33.7 Å². The fourth-order valence-corrected chi connectivity index (χ4v) is 5.20. The quantitative estimate of drug-likeness (QED) is 0.681. The summed E-state index contributed by atoms with van der Waals surface area (Å²) in [4.78, 5) is 15.2. The van der Waals surface area contributed by atoms with Gasteiger partial charge >= 0.3 is 0 Å². The second kappa shape index (κ2) is 8.83. The molecule has 0 aromatic carbocycles. The van der Waals surface area contributed by atoms with Crippen LogP contribution in [-0.4, -0.2) is 62.7 Å². The molecule has 2 aliphatic heterocycles. The Morgan fingerprint density at radius 3 is 2.76 bits per heavy atom. The second-order valence-electron chi connectivity index (χ2n) is 8.96. The van der Waals surface area contributed by atoms with Gasteiger partial charge in [0.15, 0.2) is 0 Å². The van der Waals surface area contributed by atoms with E-state index in [4.69, 9.17) is 0 Å². The molecule has 1 amide bonds. The predicted molar refractivity (Wildman–Crippen MR) is 103 cm³/mol. The van der Waals surface area contributed by atoms with E-state index in [1.54, 1.807) is 0 Å². The zero-order valence-electron chi connectivity index (χ0n) is 16.4. The van der Waals surface area contributed by atoms with Crippen LogP contribution in [0.2, 0.25) is 0 Å². The first-order chi connectivity index (χ1) is 12.0. The zero-order valence-corrected chi connectivity index (χ0v) is 16.4. The van der Waals surface area contributed by atoms with Gasteiger partial charge in [0.05, 0.1) is 6.04 Å². The molecule has 2 heterocycles. The lowest BCUT2D eigenvalue weighted by Crippen LogP contribution is -2.52. The van der Waals surface area contributed by atoms with Crippen LogP contribution >= 0.6 is 0 Å². The van der Waals surface area contributed by atoms with Gasteiger partial charge in [-0.2, -0.15) is 0 Å². The van der Waals surface area contributed by atoms with Gasteiger partial charge in [0.2, 0.25) is 5.91 Å². The number of hydrogen-bond acceptors (Lipinski definition) is 4. The summed E-state index contributed by atoms with van der Waals surface area (Å²) in [6.45, 7) is 5.54. The van der Waals surface area contributed by atoms with E-state index in [1.807, 2.05) is 0 Å². The molecule has 25 heavy (non-hydrogen) atoms. The maximum Gasteiger partial charge on any atom is 0.237 e. The van der Waals surface area contributed by atoms with Crippen LogP contribution in [0.25, 0.3) is 0 Å². The first-order valence-electron chi connectivity index (χ1n) is 10.5. The topological polar surface area (TPSA) is 56.4 Å². The summed E-state index contributed by atoms with van der Waals surface area (Å²) in [5.41, 5.74) is 0. The largest absolute Gasteiger partial charge is 0.352 e. The van der Waals surface area contributed by atoms with Gasteiger partial charge in [0, 0.05) is 12.1 Å². The molecule has 3 fully saturated rings. The summed E-state index contributed by atoms with van der Waals surface area (Å²) < 4.78 is 0. The fourth-order valence-electron chi connectivity index (χ4n) is 5.20. The summed E-state index contributed by atoms with van der Waals surface area (Å²) in [6.07, 6.45) is 8.46. The van der Waals surface area contributed by atoms with E-state index < -0.39 is 0 Å². The van der Waals surface area contributed by atoms with Gasteiger partial charge in [0.25, 0.3) is 0 Å². The molecule has 144 valence electrons. The van der Waals surface area contributed by atoms with E-state index in [1.165, 1.54) is 32.1 Å². The Balaban J connectivity index is 1.57. The molecule has 0 bridgehead atoms. The second-order valence-corrected chi connectivity index (χ2v) is 8.96. The maximum absolute atomic E-state index is 13.0. The predicted octanol–water partition coefficient (Wildman–Crippen LogP) is 1.59. The van der Waals surface area contributed by atoms with Crippen LogP contribution in [0, 0.1) is 17.8 Å². The number of amides is 1. The van der Waals surface area contributed by atoms with Gasteiger partial charge in [-0.15, -0.1) is 0 Å². The standard InChI is InChI=1S/C20H38N4O/c1-14-6-4-7-15-12-18(22-19(14)15)20(25)23-17(9-11-24(2)3)16-8-5-10-21-13-16/h14-19,21-22H,4-13H2,1-3H3,(H,23,25). The number of nitrogens with one attached hydrogen (secondary N) is 3. The van der Waals surface area contributed by atoms with Crippen LogP contribution < -0.4 is 16.0 Å². The van der Waals surface area contributed by atoms with Crippen molar-refractivity contribution in [3.63, 3.8) is 0 Å². The minimum Gasteiger partial charge on any atom is -0.352 e. The molecule has 1 saturated carbocycles. The lowest BCUT2D eigenvalue weighted by Gasteiger charge is -2.33. The molecule has 0 aromatic heterocycles. The summed E-state index contributed by atoms with van der Waals surface area (Å²) in [6, 6.07) is 0.875. The van der Waals surface area contributed by atoms with E-state index in [-0.39, 0.29) is 11.9 Å². The van der Waals surface area contributed by atoms with Crippen molar-refractivity contribution in [1.29, 1.82) is 0 Å². The third kappa shape index (κ3) is 4.95. The molecular weight excluding hydrogens is 312 g/mol. The Morgan fingerprint density at radius 1 is 1.24 bits per heavy atom. The van der Waals surface area contributed by atoms with Crippen molar-refractivity contribution in [2.24, 2.45) is 17.8 Å². The Hall–Kier alpha value is -0.650. The molecule has 3 aliphatic rings.